The summed E-state index contributed by atoms with van der Waals surface area (Å²) in [5.41, 5.74) is 3.42. The molecule has 28 heavy (non-hydrogen) atoms. The Bertz CT molecular complexity index is 852. The molecule has 0 amide bonds. The van der Waals surface area contributed by atoms with Crippen LogP contribution in [-0.4, -0.2) is 29.3 Å². The second kappa shape index (κ2) is 10.0. The van der Waals surface area contributed by atoms with Crippen molar-refractivity contribution in [2.45, 2.75) is 26.1 Å². The number of rotatable bonds is 9. The highest BCUT2D eigenvalue weighted by molar-refractivity contribution is 5.26. The van der Waals surface area contributed by atoms with Gasteiger partial charge >= 0.3 is 0 Å². The lowest BCUT2D eigenvalue weighted by atomic mass is 10.1. The molecule has 0 aliphatic heterocycles. The van der Waals surface area contributed by atoms with E-state index in [1.807, 2.05) is 42.5 Å². The Morgan fingerprint density at radius 1 is 0.893 bits per heavy atom. The zero-order chi connectivity index (χ0) is 19.8. The van der Waals surface area contributed by atoms with Crippen LogP contribution in [0.4, 0.5) is 4.39 Å². The molecule has 0 saturated carbocycles. The number of nitrogens with zero attached hydrogens (tertiary/aromatic N) is 1. The van der Waals surface area contributed by atoms with Crippen LogP contribution in [0.15, 0.2) is 78.9 Å². The number of aryl methyl sites for hydroxylation is 1. The van der Waals surface area contributed by atoms with E-state index in [1.165, 1.54) is 23.3 Å². The van der Waals surface area contributed by atoms with E-state index in [9.17, 15) is 9.50 Å². The summed E-state index contributed by atoms with van der Waals surface area (Å²) >= 11 is 0. The molecule has 3 nitrogen and oxygen atoms in total. The Morgan fingerprint density at radius 3 is 2.29 bits per heavy atom. The standard InChI is InChI=1S/C24H26FNO2/c1-19-7-5-6-8-21(19)16-26(15-20-11-13-22(25)14-12-20)17-23(27)18-28-24-9-3-2-4-10-24/h2-14,23,27H,15-18H2,1H3. The molecule has 3 rings (SSSR count). The molecular weight excluding hydrogens is 353 g/mol. The molecule has 1 N–H and O–H groups in total. The summed E-state index contributed by atoms with van der Waals surface area (Å²) in [5, 5.41) is 10.5. The quantitative estimate of drug-likeness (QED) is 0.591. The van der Waals surface area contributed by atoms with Gasteiger partial charge < -0.3 is 9.84 Å². The molecule has 0 aromatic heterocycles. The monoisotopic (exact) mass is 379 g/mol. The van der Waals surface area contributed by atoms with Gasteiger partial charge in [-0.15, -0.1) is 0 Å². The topological polar surface area (TPSA) is 32.7 Å². The molecule has 1 unspecified atom stereocenters. The third-order valence-corrected chi connectivity index (χ3v) is 4.63. The van der Waals surface area contributed by atoms with Crippen LogP contribution in [-0.2, 0) is 13.1 Å². The van der Waals surface area contributed by atoms with Crippen molar-refractivity contribution in [2.75, 3.05) is 13.2 Å². The second-order valence-electron chi connectivity index (χ2n) is 7.00. The maximum absolute atomic E-state index is 13.2. The fourth-order valence-corrected chi connectivity index (χ4v) is 3.12. The average Bonchev–Trinajstić information content (AvgIpc) is 2.71. The Morgan fingerprint density at radius 2 is 1.57 bits per heavy atom. The van der Waals surface area contributed by atoms with E-state index in [1.54, 1.807) is 12.1 Å². The molecule has 0 saturated heterocycles. The molecule has 0 aliphatic carbocycles. The van der Waals surface area contributed by atoms with Crippen LogP contribution in [0.2, 0.25) is 0 Å². The summed E-state index contributed by atoms with van der Waals surface area (Å²) in [7, 11) is 0. The molecule has 1 atom stereocenters. The highest BCUT2D eigenvalue weighted by Gasteiger charge is 2.15. The van der Waals surface area contributed by atoms with Gasteiger partial charge in [0, 0.05) is 19.6 Å². The minimum absolute atomic E-state index is 0.220. The summed E-state index contributed by atoms with van der Waals surface area (Å²) in [6.07, 6.45) is -0.635. The molecule has 4 heteroatoms. The van der Waals surface area contributed by atoms with Gasteiger partial charge in [0.1, 0.15) is 24.3 Å². The third-order valence-electron chi connectivity index (χ3n) is 4.63. The van der Waals surface area contributed by atoms with Gasteiger partial charge in [0.25, 0.3) is 0 Å². The first-order chi connectivity index (χ1) is 13.6. The highest BCUT2D eigenvalue weighted by atomic mass is 19.1. The lowest BCUT2D eigenvalue weighted by Gasteiger charge is -2.26. The zero-order valence-corrected chi connectivity index (χ0v) is 16.1. The fraction of sp³-hybridized carbons (Fsp3) is 0.250. The van der Waals surface area contributed by atoms with Gasteiger partial charge in [-0.05, 0) is 47.9 Å². The molecule has 146 valence electrons. The average molecular weight is 379 g/mol. The zero-order valence-electron chi connectivity index (χ0n) is 16.1. The van der Waals surface area contributed by atoms with Crippen LogP contribution in [0.25, 0.3) is 0 Å². The molecule has 0 aliphatic rings. The van der Waals surface area contributed by atoms with E-state index in [0.29, 0.717) is 19.6 Å². The minimum atomic E-state index is -0.635. The van der Waals surface area contributed by atoms with E-state index in [4.69, 9.17) is 4.74 Å². The number of hydrogen-bond acceptors (Lipinski definition) is 3. The van der Waals surface area contributed by atoms with Crippen LogP contribution in [0.3, 0.4) is 0 Å². The van der Waals surface area contributed by atoms with Crippen molar-refractivity contribution in [1.29, 1.82) is 0 Å². The van der Waals surface area contributed by atoms with Gasteiger partial charge in [0.15, 0.2) is 0 Å². The van der Waals surface area contributed by atoms with Crippen LogP contribution >= 0.6 is 0 Å². The van der Waals surface area contributed by atoms with Crippen LogP contribution in [0.5, 0.6) is 5.75 Å². The summed E-state index contributed by atoms with van der Waals surface area (Å²) in [4.78, 5) is 2.16. The number of ether oxygens (including phenoxy) is 1. The van der Waals surface area contributed by atoms with Crippen molar-refractivity contribution < 1.29 is 14.2 Å². The second-order valence-corrected chi connectivity index (χ2v) is 7.00. The normalized spacial score (nSPS) is 12.1. The van der Waals surface area contributed by atoms with Crippen LogP contribution < -0.4 is 4.74 Å². The van der Waals surface area contributed by atoms with Gasteiger partial charge in [-0.25, -0.2) is 4.39 Å². The molecule has 3 aromatic carbocycles. The van der Waals surface area contributed by atoms with E-state index in [2.05, 4.69) is 24.0 Å². The lowest BCUT2D eigenvalue weighted by molar-refractivity contribution is 0.0628. The van der Waals surface area contributed by atoms with Gasteiger partial charge in [-0.3, -0.25) is 4.90 Å². The molecule has 0 spiro atoms. The molecular formula is C24H26FNO2. The molecule has 0 heterocycles. The molecule has 0 radical (unpaired) electrons. The first-order valence-corrected chi connectivity index (χ1v) is 9.47. The fourth-order valence-electron chi connectivity index (χ4n) is 3.12. The Kier molecular flexibility index (Phi) is 7.18. The first-order valence-electron chi connectivity index (χ1n) is 9.47. The minimum Gasteiger partial charge on any atom is -0.491 e. The van der Waals surface area contributed by atoms with E-state index in [0.717, 1.165) is 11.3 Å². The predicted molar refractivity (Wildman–Crippen MR) is 110 cm³/mol. The third kappa shape index (κ3) is 6.19. The SMILES string of the molecule is Cc1ccccc1CN(Cc1ccc(F)cc1)CC(O)COc1ccccc1. The highest BCUT2D eigenvalue weighted by Crippen LogP contribution is 2.15. The molecule has 3 aromatic rings. The van der Waals surface area contributed by atoms with E-state index >= 15 is 0 Å². The first kappa shape index (κ1) is 20.1. The van der Waals surface area contributed by atoms with Crippen molar-refractivity contribution in [1.82, 2.24) is 4.90 Å². The summed E-state index contributed by atoms with van der Waals surface area (Å²) < 4.78 is 18.9. The van der Waals surface area contributed by atoms with Crippen molar-refractivity contribution >= 4 is 0 Å². The maximum Gasteiger partial charge on any atom is 0.123 e. The summed E-state index contributed by atoms with van der Waals surface area (Å²) in [6.45, 7) is 4.08. The van der Waals surface area contributed by atoms with Crippen molar-refractivity contribution in [3.63, 3.8) is 0 Å². The van der Waals surface area contributed by atoms with Gasteiger partial charge in [-0.1, -0.05) is 54.6 Å². The maximum atomic E-state index is 13.2. The van der Waals surface area contributed by atoms with Gasteiger partial charge in [0.2, 0.25) is 0 Å². The molecule has 0 fully saturated rings. The number of hydrogen-bond donors (Lipinski definition) is 1. The largest absolute Gasteiger partial charge is 0.491 e. The smallest absolute Gasteiger partial charge is 0.123 e. The predicted octanol–water partition coefficient (Wildman–Crippen LogP) is 4.58. The number of benzene rings is 3. The van der Waals surface area contributed by atoms with Crippen molar-refractivity contribution in [3.05, 3.63) is 101 Å². The van der Waals surface area contributed by atoms with E-state index < -0.39 is 6.10 Å². The van der Waals surface area contributed by atoms with Gasteiger partial charge in [-0.2, -0.15) is 0 Å². The number of aliphatic hydroxyl groups excluding tert-OH is 1. The molecule has 0 bridgehead atoms. The Hall–Kier alpha value is -2.69. The van der Waals surface area contributed by atoms with Gasteiger partial charge in [0.05, 0.1) is 0 Å². The van der Waals surface area contributed by atoms with Crippen LogP contribution in [0, 0.1) is 12.7 Å². The number of halogens is 1. The summed E-state index contributed by atoms with van der Waals surface area (Å²) in [5.74, 6) is 0.496. The Labute approximate surface area is 166 Å². The lowest BCUT2D eigenvalue weighted by Crippen LogP contribution is -2.35. The van der Waals surface area contributed by atoms with Crippen molar-refractivity contribution in [2.24, 2.45) is 0 Å². The summed E-state index contributed by atoms with van der Waals surface area (Å²) in [6, 6.07) is 24.2. The Balaban J connectivity index is 1.65. The van der Waals surface area contributed by atoms with Crippen molar-refractivity contribution in [3.8, 4) is 5.75 Å². The van der Waals surface area contributed by atoms with E-state index in [-0.39, 0.29) is 12.4 Å². The van der Waals surface area contributed by atoms with Crippen LogP contribution in [0.1, 0.15) is 16.7 Å². The number of aliphatic hydroxyl groups is 1. The number of para-hydroxylation sites is 1.